The van der Waals surface area contributed by atoms with E-state index in [1.165, 1.54) is 5.69 Å². The van der Waals surface area contributed by atoms with E-state index >= 15 is 0 Å². The maximum atomic E-state index is 12.7. The summed E-state index contributed by atoms with van der Waals surface area (Å²) >= 11 is 6.27. The highest BCUT2D eigenvalue weighted by atomic mass is 35.5. The molecule has 0 bridgehead atoms. The molecule has 1 N–H and O–H groups in total. The van der Waals surface area contributed by atoms with Crippen LogP contribution in [0.1, 0.15) is 18.4 Å². The third kappa shape index (κ3) is 5.30. The average Bonchev–Trinajstić information content (AvgIpc) is 2.77. The predicted molar refractivity (Wildman–Crippen MR) is 118 cm³/mol. The molecule has 2 aliphatic heterocycles. The van der Waals surface area contributed by atoms with Gasteiger partial charge in [0.2, 0.25) is 5.91 Å². The van der Waals surface area contributed by atoms with Crippen molar-refractivity contribution in [2.24, 2.45) is 5.92 Å². The van der Waals surface area contributed by atoms with Gasteiger partial charge in [0.05, 0.1) is 13.2 Å². The first-order chi connectivity index (χ1) is 14.2. The maximum Gasteiger partial charge on any atom is 0.227 e. The highest BCUT2D eigenvalue weighted by Gasteiger charge is 2.25. The number of carbonyl (C=O) groups is 1. The highest BCUT2D eigenvalue weighted by Crippen LogP contribution is 2.24. The van der Waals surface area contributed by atoms with Crippen LogP contribution in [-0.2, 0) is 16.1 Å². The van der Waals surface area contributed by atoms with Crippen molar-refractivity contribution in [3.63, 3.8) is 0 Å². The van der Waals surface area contributed by atoms with Crippen LogP contribution in [0.15, 0.2) is 48.5 Å². The van der Waals surface area contributed by atoms with Crippen LogP contribution in [0.4, 0.5) is 11.4 Å². The van der Waals surface area contributed by atoms with Crippen molar-refractivity contribution in [3.05, 3.63) is 59.1 Å². The van der Waals surface area contributed by atoms with Gasteiger partial charge >= 0.3 is 0 Å². The molecule has 2 heterocycles. The van der Waals surface area contributed by atoms with Crippen LogP contribution in [-0.4, -0.2) is 50.2 Å². The zero-order valence-electron chi connectivity index (χ0n) is 16.6. The van der Waals surface area contributed by atoms with Crippen LogP contribution >= 0.6 is 11.6 Å². The average molecular weight is 414 g/mol. The van der Waals surface area contributed by atoms with Gasteiger partial charge in [-0.2, -0.15) is 0 Å². The Bertz CT molecular complexity index is 813. The molecule has 2 fully saturated rings. The van der Waals surface area contributed by atoms with Gasteiger partial charge in [-0.15, -0.1) is 0 Å². The van der Waals surface area contributed by atoms with E-state index < -0.39 is 0 Å². The monoisotopic (exact) mass is 413 g/mol. The van der Waals surface area contributed by atoms with Gasteiger partial charge in [0.1, 0.15) is 0 Å². The number of ether oxygens (including phenoxy) is 1. The summed E-state index contributed by atoms with van der Waals surface area (Å²) in [5.74, 6) is 0.193. The van der Waals surface area contributed by atoms with Crippen molar-refractivity contribution < 1.29 is 9.53 Å². The number of rotatable bonds is 5. The first-order valence-electron chi connectivity index (χ1n) is 10.4. The van der Waals surface area contributed by atoms with Gasteiger partial charge in [-0.1, -0.05) is 29.8 Å². The summed E-state index contributed by atoms with van der Waals surface area (Å²) in [6.45, 7) is 6.05. The molecule has 5 nitrogen and oxygen atoms in total. The molecule has 1 amide bonds. The molecular formula is C23H28ClN3O2. The van der Waals surface area contributed by atoms with Gasteiger partial charge < -0.3 is 15.0 Å². The van der Waals surface area contributed by atoms with Gasteiger partial charge in [-0.05, 0) is 61.8 Å². The molecule has 4 rings (SSSR count). The predicted octanol–water partition coefficient (Wildman–Crippen LogP) is 4.03. The second-order valence-corrected chi connectivity index (χ2v) is 8.18. The van der Waals surface area contributed by atoms with E-state index in [1.54, 1.807) is 0 Å². The minimum Gasteiger partial charge on any atom is -0.378 e. The number of amides is 1. The lowest BCUT2D eigenvalue weighted by molar-refractivity contribution is -0.121. The number of hydrogen-bond acceptors (Lipinski definition) is 4. The van der Waals surface area contributed by atoms with Crippen LogP contribution in [0.5, 0.6) is 0 Å². The molecule has 2 saturated heterocycles. The van der Waals surface area contributed by atoms with Crippen LogP contribution in [0.25, 0.3) is 0 Å². The number of halogens is 1. The SMILES string of the molecule is O=C(Nc1ccc(N2CCOCC2)cc1)C1CCN(Cc2ccccc2Cl)CC1. The Morgan fingerprint density at radius 2 is 1.69 bits per heavy atom. The smallest absolute Gasteiger partial charge is 0.227 e. The first-order valence-corrected chi connectivity index (χ1v) is 10.8. The summed E-state index contributed by atoms with van der Waals surface area (Å²) in [7, 11) is 0. The lowest BCUT2D eigenvalue weighted by atomic mass is 9.95. The van der Waals surface area contributed by atoms with Gasteiger partial charge in [-0.3, -0.25) is 9.69 Å². The van der Waals surface area contributed by atoms with Crippen molar-refractivity contribution in [3.8, 4) is 0 Å². The fourth-order valence-electron chi connectivity index (χ4n) is 4.04. The Morgan fingerprint density at radius 1 is 1.00 bits per heavy atom. The molecule has 0 unspecified atom stereocenters. The second-order valence-electron chi connectivity index (χ2n) is 7.78. The van der Waals surface area contributed by atoms with Crippen LogP contribution in [0.3, 0.4) is 0 Å². The van der Waals surface area contributed by atoms with Crippen molar-refractivity contribution in [1.29, 1.82) is 0 Å². The summed E-state index contributed by atoms with van der Waals surface area (Å²) in [5, 5.41) is 3.91. The number of likely N-dealkylation sites (tertiary alicyclic amines) is 1. The molecule has 154 valence electrons. The van der Waals surface area contributed by atoms with E-state index in [0.717, 1.165) is 75.1 Å². The topological polar surface area (TPSA) is 44.8 Å². The first kappa shape index (κ1) is 20.2. The lowest BCUT2D eigenvalue weighted by Crippen LogP contribution is -2.37. The Labute approximate surface area is 177 Å². The van der Waals surface area contributed by atoms with E-state index in [0.29, 0.717) is 0 Å². The molecule has 0 atom stereocenters. The standard InChI is InChI=1S/C23H28ClN3O2/c24-22-4-2-1-3-19(22)17-26-11-9-18(10-12-26)23(28)25-20-5-7-21(8-6-20)27-13-15-29-16-14-27/h1-8,18H,9-17H2,(H,25,28). The van der Waals surface area contributed by atoms with Gasteiger partial charge in [0.25, 0.3) is 0 Å². The Kier molecular flexibility index (Phi) is 6.70. The van der Waals surface area contributed by atoms with E-state index in [1.807, 2.05) is 30.3 Å². The van der Waals surface area contributed by atoms with Crippen molar-refractivity contribution >= 4 is 28.9 Å². The largest absolute Gasteiger partial charge is 0.378 e. The van der Waals surface area contributed by atoms with Gasteiger partial charge in [-0.25, -0.2) is 0 Å². The molecule has 0 saturated carbocycles. The molecule has 2 aromatic carbocycles. The van der Waals surface area contributed by atoms with E-state index in [-0.39, 0.29) is 11.8 Å². The Hall–Kier alpha value is -2.08. The molecule has 0 aliphatic carbocycles. The van der Waals surface area contributed by atoms with E-state index in [9.17, 15) is 4.79 Å². The van der Waals surface area contributed by atoms with E-state index in [4.69, 9.17) is 16.3 Å². The fraction of sp³-hybridized carbons (Fsp3) is 0.435. The van der Waals surface area contributed by atoms with Crippen LogP contribution in [0, 0.1) is 5.92 Å². The lowest BCUT2D eigenvalue weighted by Gasteiger charge is -2.31. The summed E-state index contributed by atoms with van der Waals surface area (Å²) in [6.07, 6.45) is 1.75. The van der Waals surface area contributed by atoms with Crippen molar-refractivity contribution in [2.45, 2.75) is 19.4 Å². The quantitative estimate of drug-likeness (QED) is 0.803. The van der Waals surface area contributed by atoms with Crippen molar-refractivity contribution in [2.75, 3.05) is 49.6 Å². The van der Waals surface area contributed by atoms with E-state index in [2.05, 4.69) is 33.3 Å². The summed E-state index contributed by atoms with van der Waals surface area (Å²) in [4.78, 5) is 17.4. The molecule has 0 aromatic heterocycles. The number of anilines is 2. The zero-order chi connectivity index (χ0) is 20.1. The summed E-state index contributed by atoms with van der Waals surface area (Å²) in [5.41, 5.74) is 3.20. The van der Waals surface area contributed by atoms with Crippen molar-refractivity contribution in [1.82, 2.24) is 4.90 Å². The number of hydrogen-bond donors (Lipinski definition) is 1. The van der Waals surface area contributed by atoms with Gasteiger partial charge in [0, 0.05) is 41.9 Å². The molecule has 2 aliphatic rings. The van der Waals surface area contributed by atoms with Crippen LogP contribution in [0.2, 0.25) is 5.02 Å². The summed E-state index contributed by atoms with van der Waals surface area (Å²) in [6, 6.07) is 16.1. The normalized spacial score (nSPS) is 18.6. The number of carbonyl (C=O) groups excluding carboxylic acids is 1. The summed E-state index contributed by atoms with van der Waals surface area (Å²) < 4.78 is 5.40. The molecule has 0 radical (unpaired) electrons. The fourth-order valence-corrected chi connectivity index (χ4v) is 4.24. The highest BCUT2D eigenvalue weighted by molar-refractivity contribution is 6.31. The molecule has 2 aromatic rings. The number of morpholine rings is 1. The minimum atomic E-state index is 0.0661. The second kappa shape index (κ2) is 9.61. The maximum absolute atomic E-state index is 12.7. The number of benzene rings is 2. The minimum absolute atomic E-state index is 0.0661. The van der Waals surface area contributed by atoms with Gasteiger partial charge in [0.15, 0.2) is 0 Å². The Morgan fingerprint density at radius 3 is 2.38 bits per heavy atom. The molecule has 6 heteroatoms. The number of piperidine rings is 1. The Balaban J connectivity index is 1.26. The zero-order valence-corrected chi connectivity index (χ0v) is 17.4. The van der Waals surface area contributed by atoms with Crippen LogP contribution < -0.4 is 10.2 Å². The molecule has 29 heavy (non-hydrogen) atoms. The number of nitrogens with one attached hydrogen (secondary N) is 1. The third-order valence-corrected chi connectivity index (χ3v) is 6.19. The molecule has 0 spiro atoms. The molecular weight excluding hydrogens is 386 g/mol. The third-order valence-electron chi connectivity index (χ3n) is 5.82. The number of nitrogens with zero attached hydrogens (tertiary/aromatic N) is 2.